The van der Waals surface area contributed by atoms with Crippen molar-refractivity contribution in [3.05, 3.63) is 53.1 Å². The monoisotopic (exact) mass is 288 g/mol. The van der Waals surface area contributed by atoms with Crippen molar-refractivity contribution in [2.75, 3.05) is 0 Å². The Hall–Kier alpha value is -1.37. The summed E-state index contributed by atoms with van der Waals surface area (Å²) in [4.78, 5) is 2.68. The van der Waals surface area contributed by atoms with Crippen molar-refractivity contribution in [1.82, 2.24) is 9.71 Å². The van der Waals surface area contributed by atoms with E-state index in [-0.39, 0.29) is 16.5 Å². The molecule has 4 nitrogen and oxygen atoms in total. The van der Waals surface area contributed by atoms with Gasteiger partial charge in [0.05, 0.1) is 5.02 Å². The van der Waals surface area contributed by atoms with Gasteiger partial charge in [0.2, 0.25) is 10.0 Å². The first-order valence-electron chi connectivity index (χ1n) is 5.05. The number of hydrogen-bond donors (Lipinski definition) is 2. The van der Waals surface area contributed by atoms with Gasteiger partial charge in [-0.2, -0.15) is 0 Å². The molecule has 2 rings (SSSR count). The molecule has 0 aliphatic carbocycles. The first-order chi connectivity index (χ1) is 8.49. The van der Waals surface area contributed by atoms with Gasteiger partial charge in [0, 0.05) is 18.9 Å². The number of rotatable bonds is 4. The van der Waals surface area contributed by atoms with E-state index in [0.717, 1.165) is 23.8 Å². The van der Waals surface area contributed by atoms with Crippen LogP contribution in [0.25, 0.3) is 0 Å². The zero-order valence-corrected chi connectivity index (χ0v) is 10.7. The van der Waals surface area contributed by atoms with E-state index in [0.29, 0.717) is 0 Å². The summed E-state index contributed by atoms with van der Waals surface area (Å²) in [6.07, 6.45) is 3.36. The quantitative estimate of drug-likeness (QED) is 0.907. The van der Waals surface area contributed by atoms with Crippen LogP contribution in [0.4, 0.5) is 4.39 Å². The highest BCUT2D eigenvalue weighted by atomic mass is 35.5. The van der Waals surface area contributed by atoms with Crippen LogP contribution in [-0.4, -0.2) is 13.4 Å². The summed E-state index contributed by atoms with van der Waals surface area (Å²) in [5, 5.41) is -0.142. The molecule has 1 aromatic heterocycles. The first-order valence-corrected chi connectivity index (χ1v) is 6.91. The smallest absolute Gasteiger partial charge is 0.242 e. The van der Waals surface area contributed by atoms with Crippen LogP contribution < -0.4 is 4.72 Å². The second-order valence-corrected chi connectivity index (χ2v) is 5.76. The van der Waals surface area contributed by atoms with Gasteiger partial charge in [0.15, 0.2) is 0 Å². The van der Waals surface area contributed by atoms with E-state index >= 15 is 0 Å². The second kappa shape index (κ2) is 5.09. The van der Waals surface area contributed by atoms with Gasteiger partial charge < -0.3 is 4.98 Å². The van der Waals surface area contributed by atoms with Crippen LogP contribution >= 0.6 is 11.6 Å². The van der Waals surface area contributed by atoms with E-state index < -0.39 is 15.8 Å². The summed E-state index contributed by atoms with van der Waals surface area (Å²) < 4.78 is 39.1. The van der Waals surface area contributed by atoms with Crippen LogP contribution in [0.3, 0.4) is 0 Å². The molecule has 1 aromatic carbocycles. The lowest BCUT2D eigenvalue weighted by Gasteiger charge is -2.07. The number of aromatic amines is 1. The Morgan fingerprint density at radius 1 is 1.33 bits per heavy atom. The largest absolute Gasteiger partial charge is 0.367 e. The molecule has 96 valence electrons. The van der Waals surface area contributed by atoms with Crippen molar-refractivity contribution >= 4 is 21.6 Å². The van der Waals surface area contributed by atoms with Gasteiger partial charge in [0.25, 0.3) is 0 Å². The minimum atomic E-state index is -3.75. The third-order valence-electron chi connectivity index (χ3n) is 2.31. The number of halogens is 2. The number of sulfonamides is 1. The fourth-order valence-corrected chi connectivity index (χ4v) is 2.96. The van der Waals surface area contributed by atoms with Crippen molar-refractivity contribution < 1.29 is 12.8 Å². The van der Waals surface area contributed by atoms with Crippen molar-refractivity contribution in [1.29, 1.82) is 0 Å². The molecular weight excluding hydrogens is 279 g/mol. The van der Waals surface area contributed by atoms with Crippen LogP contribution in [0, 0.1) is 5.82 Å². The van der Waals surface area contributed by atoms with Crippen molar-refractivity contribution in [2.24, 2.45) is 0 Å². The minimum absolute atomic E-state index is 0.138. The molecule has 2 aromatic rings. The summed E-state index contributed by atoms with van der Waals surface area (Å²) in [5.41, 5.74) is 0.789. The lowest BCUT2D eigenvalue weighted by molar-refractivity contribution is 0.580. The highest BCUT2D eigenvalue weighted by Crippen LogP contribution is 2.22. The molecule has 18 heavy (non-hydrogen) atoms. The Labute approximate surface area is 109 Å². The van der Waals surface area contributed by atoms with Gasteiger partial charge in [0.1, 0.15) is 10.7 Å². The predicted molar refractivity (Wildman–Crippen MR) is 66.2 cm³/mol. The number of aromatic nitrogens is 1. The average Bonchev–Trinajstić information content (AvgIpc) is 2.78. The Kier molecular flexibility index (Phi) is 3.70. The molecule has 0 saturated carbocycles. The fourth-order valence-electron chi connectivity index (χ4n) is 1.42. The fraction of sp³-hybridized carbons (Fsp3) is 0.0909. The van der Waals surface area contributed by atoms with Crippen LogP contribution in [0.1, 0.15) is 5.56 Å². The van der Waals surface area contributed by atoms with Gasteiger partial charge in [-0.15, -0.1) is 0 Å². The second-order valence-electron chi connectivity index (χ2n) is 3.62. The summed E-state index contributed by atoms with van der Waals surface area (Å²) in [6.45, 7) is 0.138. The third-order valence-corrected chi connectivity index (χ3v) is 4.20. The predicted octanol–water partition coefficient (Wildman–Crippen LogP) is 2.29. The molecule has 0 bridgehead atoms. The van der Waals surface area contributed by atoms with Gasteiger partial charge >= 0.3 is 0 Å². The van der Waals surface area contributed by atoms with Crippen molar-refractivity contribution in [2.45, 2.75) is 11.4 Å². The third kappa shape index (κ3) is 2.90. The molecule has 0 radical (unpaired) electrons. The van der Waals surface area contributed by atoms with Crippen LogP contribution in [-0.2, 0) is 16.6 Å². The molecule has 0 spiro atoms. The average molecular weight is 289 g/mol. The first kappa shape index (κ1) is 13.1. The Morgan fingerprint density at radius 2 is 2.11 bits per heavy atom. The van der Waals surface area contributed by atoms with E-state index in [2.05, 4.69) is 9.71 Å². The maximum atomic E-state index is 12.8. The maximum Gasteiger partial charge on any atom is 0.242 e. The van der Waals surface area contributed by atoms with Gasteiger partial charge in [-0.25, -0.2) is 17.5 Å². The summed E-state index contributed by atoms with van der Waals surface area (Å²) in [7, 11) is -3.75. The highest BCUT2D eigenvalue weighted by Gasteiger charge is 2.17. The molecule has 0 aliphatic heterocycles. The SMILES string of the molecule is O=S(=O)(NCc1cc[nH]c1)c1ccc(F)cc1Cl. The molecule has 0 fully saturated rings. The molecular formula is C11H10ClFN2O2S. The minimum Gasteiger partial charge on any atom is -0.367 e. The van der Waals surface area contributed by atoms with E-state index in [1.54, 1.807) is 18.5 Å². The molecule has 0 amide bonds. The summed E-state index contributed by atoms with van der Waals surface area (Å²) >= 11 is 5.71. The Morgan fingerprint density at radius 3 is 2.72 bits per heavy atom. The topological polar surface area (TPSA) is 62.0 Å². The molecule has 0 aliphatic rings. The summed E-state index contributed by atoms with van der Waals surface area (Å²) in [6, 6.07) is 4.90. The molecule has 0 saturated heterocycles. The molecule has 0 atom stereocenters. The zero-order valence-electron chi connectivity index (χ0n) is 9.15. The summed E-state index contributed by atoms with van der Waals surface area (Å²) in [5.74, 6) is -0.579. The van der Waals surface area contributed by atoms with Gasteiger partial charge in [-0.3, -0.25) is 0 Å². The molecule has 1 heterocycles. The Balaban J connectivity index is 2.20. The maximum absolute atomic E-state index is 12.8. The lowest BCUT2D eigenvalue weighted by Crippen LogP contribution is -2.23. The normalized spacial score (nSPS) is 11.7. The van der Waals surface area contributed by atoms with E-state index in [1.165, 1.54) is 0 Å². The zero-order chi connectivity index (χ0) is 13.2. The lowest BCUT2D eigenvalue weighted by atomic mass is 10.3. The van der Waals surface area contributed by atoms with E-state index in [1.807, 2.05) is 0 Å². The van der Waals surface area contributed by atoms with E-state index in [9.17, 15) is 12.8 Å². The van der Waals surface area contributed by atoms with Crippen molar-refractivity contribution in [3.8, 4) is 0 Å². The van der Waals surface area contributed by atoms with Crippen LogP contribution in [0.5, 0.6) is 0 Å². The number of benzene rings is 1. The van der Waals surface area contributed by atoms with Gasteiger partial charge in [-0.1, -0.05) is 11.6 Å². The standard InChI is InChI=1S/C11H10ClFN2O2S/c12-10-5-9(13)1-2-11(10)18(16,17)15-7-8-3-4-14-6-8/h1-6,14-15H,7H2. The molecule has 7 heteroatoms. The Bertz CT molecular complexity index is 641. The van der Waals surface area contributed by atoms with Crippen LogP contribution in [0.2, 0.25) is 5.02 Å². The molecule has 2 N–H and O–H groups in total. The van der Waals surface area contributed by atoms with Gasteiger partial charge in [-0.05, 0) is 29.8 Å². The highest BCUT2D eigenvalue weighted by molar-refractivity contribution is 7.89. The molecule has 0 unspecified atom stereocenters. The van der Waals surface area contributed by atoms with Crippen LogP contribution in [0.15, 0.2) is 41.6 Å². The number of hydrogen-bond acceptors (Lipinski definition) is 2. The number of nitrogens with one attached hydrogen (secondary N) is 2. The number of H-pyrrole nitrogens is 1. The van der Waals surface area contributed by atoms with E-state index in [4.69, 9.17) is 11.6 Å². The van der Waals surface area contributed by atoms with Crippen molar-refractivity contribution in [3.63, 3.8) is 0 Å².